The van der Waals surface area contributed by atoms with E-state index in [1.165, 1.54) is 0 Å². The number of hydrogen-bond acceptors (Lipinski definition) is 4. The molecule has 2 fully saturated rings. The van der Waals surface area contributed by atoms with Crippen LogP contribution in [0.5, 0.6) is 0 Å². The summed E-state index contributed by atoms with van der Waals surface area (Å²) < 4.78 is 22.4. The van der Waals surface area contributed by atoms with Crippen molar-refractivity contribution >= 4 is 15.7 Å². The number of carbonyl (C=O) groups excluding carboxylic acids is 1. The summed E-state index contributed by atoms with van der Waals surface area (Å²) in [7, 11) is -2.82. The fraction of sp³-hybridized carbons (Fsp3) is 0.600. The van der Waals surface area contributed by atoms with Crippen molar-refractivity contribution in [3.05, 3.63) is 33.2 Å². The van der Waals surface area contributed by atoms with Crippen molar-refractivity contribution in [1.82, 2.24) is 9.88 Å². The van der Waals surface area contributed by atoms with Gasteiger partial charge in [0.25, 0.3) is 11.5 Å². The predicted octanol–water partition coefficient (Wildman–Crippen LogP) is 0.362. The van der Waals surface area contributed by atoms with Crippen LogP contribution >= 0.6 is 0 Å². The zero-order chi connectivity index (χ0) is 16.1. The van der Waals surface area contributed by atoms with Crippen molar-refractivity contribution in [3.8, 4) is 0 Å². The number of pyridine rings is 1. The van der Waals surface area contributed by atoms with E-state index in [-0.39, 0.29) is 40.4 Å². The van der Waals surface area contributed by atoms with Crippen LogP contribution in [0.3, 0.4) is 0 Å². The standard InChI is InChI=1S/C15H20N2O4S/c1-3-13-9(2)4-12(14(18)16-13)15(19)17-5-10(6-17)11-7-22(20,21)8-11/h4,10-11H,3,5-8H2,1-2H3,(H,16,18). The average Bonchev–Trinajstić information content (AvgIpc) is 2.36. The van der Waals surface area contributed by atoms with Crippen molar-refractivity contribution in [2.75, 3.05) is 24.6 Å². The summed E-state index contributed by atoms with van der Waals surface area (Å²) in [5.41, 5.74) is 1.59. The highest BCUT2D eigenvalue weighted by molar-refractivity contribution is 7.92. The van der Waals surface area contributed by atoms with Crippen molar-refractivity contribution in [1.29, 1.82) is 0 Å². The Kier molecular flexibility index (Phi) is 3.63. The Hall–Kier alpha value is -1.63. The molecule has 2 aliphatic heterocycles. The molecule has 0 radical (unpaired) electrons. The second-order valence-corrected chi connectivity index (χ2v) is 8.49. The third kappa shape index (κ3) is 2.58. The fourth-order valence-corrected chi connectivity index (χ4v) is 4.97. The van der Waals surface area contributed by atoms with Crippen LogP contribution in [0.4, 0.5) is 0 Å². The van der Waals surface area contributed by atoms with Gasteiger partial charge in [0.15, 0.2) is 9.84 Å². The van der Waals surface area contributed by atoms with E-state index < -0.39 is 9.84 Å². The molecule has 3 rings (SSSR count). The molecular formula is C15H20N2O4S. The van der Waals surface area contributed by atoms with Crippen molar-refractivity contribution < 1.29 is 13.2 Å². The molecule has 1 N–H and O–H groups in total. The molecular weight excluding hydrogens is 304 g/mol. The van der Waals surface area contributed by atoms with Gasteiger partial charge in [0.05, 0.1) is 11.5 Å². The maximum absolute atomic E-state index is 12.4. The molecule has 7 heteroatoms. The van der Waals surface area contributed by atoms with Gasteiger partial charge < -0.3 is 9.88 Å². The maximum atomic E-state index is 12.4. The molecule has 0 atom stereocenters. The molecule has 0 spiro atoms. The second kappa shape index (κ2) is 5.22. The van der Waals surface area contributed by atoms with Crippen LogP contribution in [0, 0.1) is 18.8 Å². The molecule has 0 unspecified atom stereocenters. The van der Waals surface area contributed by atoms with E-state index >= 15 is 0 Å². The van der Waals surface area contributed by atoms with E-state index in [0.717, 1.165) is 17.7 Å². The highest BCUT2D eigenvalue weighted by Crippen LogP contribution is 2.33. The van der Waals surface area contributed by atoms with Gasteiger partial charge in [-0.1, -0.05) is 6.92 Å². The van der Waals surface area contributed by atoms with Gasteiger partial charge in [-0.2, -0.15) is 0 Å². The lowest BCUT2D eigenvalue weighted by Gasteiger charge is -2.46. The van der Waals surface area contributed by atoms with Gasteiger partial charge in [0.1, 0.15) is 5.56 Å². The lowest BCUT2D eigenvalue weighted by atomic mass is 9.87. The molecule has 6 nitrogen and oxygen atoms in total. The summed E-state index contributed by atoms with van der Waals surface area (Å²) in [6, 6.07) is 1.65. The van der Waals surface area contributed by atoms with Crippen LogP contribution in [0.1, 0.15) is 28.5 Å². The van der Waals surface area contributed by atoms with Crippen molar-refractivity contribution in [2.24, 2.45) is 11.8 Å². The molecule has 0 bridgehead atoms. The Balaban J connectivity index is 1.67. The Bertz CT molecular complexity index is 763. The molecule has 120 valence electrons. The number of nitrogens with zero attached hydrogens (tertiary/aromatic N) is 1. The van der Waals surface area contributed by atoms with Crippen molar-refractivity contribution in [3.63, 3.8) is 0 Å². The molecule has 1 amide bonds. The Labute approximate surface area is 129 Å². The second-order valence-electron chi connectivity index (χ2n) is 6.33. The summed E-state index contributed by atoms with van der Waals surface area (Å²) in [6.45, 7) is 4.93. The minimum Gasteiger partial charge on any atom is -0.338 e. The van der Waals surface area contributed by atoms with Gasteiger partial charge in [-0.3, -0.25) is 9.59 Å². The third-order valence-corrected chi connectivity index (χ3v) is 6.60. The van der Waals surface area contributed by atoms with Gasteiger partial charge in [0, 0.05) is 18.8 Å². The average molecular weight is 324 g/mol. The molecule has 1 aromatic rings. The Morgan fingerprint density at radius 2 is 1.95 bits per heavy atom. The molecule has 22 heavy (non-hydrogen) atoms. The first-order chi connectivity index (χ1) is 10.3. The molecule has 0 aromatic carbocycles. The number of aromatic nitrogens is 1. The monoisotopic (exact) mass is 324 g/mol. The number of aromatic amines is 1. The first kappa shape index (κ1) is 15.3. The molecule has 1 aromatic heterocycles. The molecule has 2 saturated heterocycles. The summed E-state index contributed by atoms with van der Waals surface area (Å²) in [4.78, 5) is 28.8. The van der Waals surface area contributed by atoms with Crippen LogP contribution in [-0.2, 0) is 16.3 Å². The Morgan fingerprint density at radius 1 is 1.32 bits per heavy atom. The molecule has 3 heterocycles. The van der Waals surface area contributed by atoms with Gasteiger partial charge in [-0.25, -0.2) is 8.42 Å². The van der Waals surface area contributed by atoms with Gasteiger partial charge in [0.2, 0.25) is 0 Å². The summed E-state index contributed by atoms with van der Waals surface area (Å²) in [5.74, 6) is 0.652. The van der Waals surface area contributed by atoms with Crippen LogP contribution in [-0.4, -0.2) is 48.8 Å². The van der Waals surface area contributed by atoms with E-state index in [0.29, 0.717) is 13.1 Å². The third-order valence-electron chi connectivity index (χ3n) is 4.73. The summed E-state index contributed by atoms with van der Waals surface area (Å²) in [5, 5.41) is 0. The quantitative estimate of drug-likeness (QED) is 0.870. The summed E-state index contributed by atoms with van der Waals surface area (Å²) in [6.07, 6.45) is 0.720. The van der Waals surface area contributed by atoms with Gasteiger partial charge in [-0.15, -0.1) is 0 Å². The summed E-state index contributed by atoms with van der Waals surface area (Å²) >= 11 is 0. The van der Waals surface area contributed by atoms with E-state index in [4.69, 9.17) is 0 Å². The smallest absolute Gasteiger partial charge is 0.261 e. The largest absolute Gasteiger partial charge is 0.338 e. The zero-order valence-corrected chi connectivity index (χ0v) is 13.6. The number of sulfone groups is 1. The molecule has 0 aliphatic carbocycles. The predicted molar refractivity (Wildman–Crippen MR) is 82.7 cm³/mol. The van der Waals surface area contributed by atoms with Gasteiger partial charge >= 0.3 is 0 Å². The van der Waals surface area contributed by atoms with E-state index in [1.54, 1.807) is 11.0 Å². The molecule has 0 saturated carbocycles. The zero-order valence-electron chi connectivity index (χ0n) is 12.8. The van der Waals surface area contributed by atoms with Crippen LogP contribution < -0.4 is 5.56 Å². The first-order valence-corrected chi connectivity index (χ1v) is 9.35. The van der Waals surface area contributed by atoms with Crippen LogP contribution in [0.25, 0.3) is 0 Å². The number of aryl methyl sites for hydroxylation is 2. The van der Waals surface area contributed by atoms with Gasteiger partial charge in [-0.05, 0) is 36.8 Å². The number of amides is 1. The van der Waals surface area contributed by atoms with E-state index in [2.05, 4.69) is 4.98 Å². The van der Waals surface area contributed by atoms with Crippen molar-refractivity contribution in [2.45, 2.75) is 20.3 Å². The highest BCUT2D eigenvalue weighted by atomic mass is 32.2. The number of H-pyrrole nitrogens is 1. The molecule has 2 aliphatic rings. The number of nitrogens with one attached hydrogen (secondary N) is 1. The number of likely N-dealkylation sites (tertiary alicyclic amines) is 1. The SMILES string of the molecule is CCc1[nH]c(=O)c(C(=O)N2CC(C3CS(=O)(=O)C3)C2)cc1C. The number of carbonyl (C=O) groups is 1. The van der Waals surface area contributed by atoms with E-state index in [9.17, 15) is 18.0 Å². The normalized spacial score (nSPS) is 21.3. The van der Waals surface area contributed by atoms with Crippen LogP contribution in [0.2, 0.25) is 0 Å². The maximum Gasteiger partial charge on any atom is 0.261 e. The van der Waals surface area contributed by atoms with E-state index in [1.807, 2.05) is 13.8 Å². The minimum atomic E-state index is -2.82. The first-order valence-electron chi connectivity index (χ1n) is 7.53. The van der Waals surface area contributed by atoms with Crippen LogP contribution in [0.15, 0.2) is 10.9 Å². The Morgan fingerprint density at radius 3 is 2.50 bits per heavy atom. The minimum absolute atomic E-state index is 0.175. The number of rotatable bonds is 3. The highest BCUT2D eigenvalue weighted by Gasteiger charge is 2.45. The lowest BCUT2D eigenvalue weighted by molar-refractivity contribution is 0.0397. The topological polar surface area (TPSA) is 87.3 Å². The number of hydrogen-bond donors (Lipinski definition) is 1. The fourth-order valence-electron chi connectivity index (χ4n) is 3.22. The lowest BCUT2D eigenvalue weighted by Crippen LogP contribution is -2.58.